The quantitative estimate of drug-likeness (QED) is 0.491. The molecule has 2 fully saturated rings. The average Bonchev–Trinajstić information content (AvgIpc) is 2.67. The number of alkyl halides is 2. The highest BCUT2D eigenvalue weighted by molar-refractivity contribution is 5.35. The van der Waals surface area contributed by atoms with Crippen molar-refractivity contribution in [3.8, 4) is 0 Å². The SMILES string of the molecule is CCCCC1CCC(c2ccccc2C(F)(F)C2CCCCC2)CC1. The van der Waals surface area contributed by atoms with E-state index < -0.39 is 11.8 Å². The van der Waals surface area contributed by atoms with Gasteiger partial charge in [-0.15, -0.1) is 0 Å². The van der Waals surface area contributed by atoms with Gasteiger partial charge in [-0.25, -0.2) is 8.78 Å². The zero-order chi connectivity index (χ0) is 17.7. The summed E-state index contributed by atoms with van der Waals surface area (Å²) in [6.07, 6.45) is 12.9. The van der Waals surface area contributed by atoms with Gasteiger partial charge in [0.15, 0.2) is 0 Å². The van der Waals surface area contributed by atoms with Gasteiger partial charge in [0.1, 0.15) is 0 Å². The van der Waals surface area contributed by atoms with Gasteiger partial charge in [0.2, 0.25) is 0 Å². The van der Waals surface area contributed by atoms with Gasteiger partial charge in [0.25, 0.3) is 5.92 Å². The Hall–Kier alpha value is -0.920. The molecule has 0 spiro atoms. The molecule has 2 aliphatic carbocycles. The standard InChI is InChI=1S/C23H34F2/c1-2-3-9-18-14-16-19(17-15-18)21-12-7-8-13-22(21)23(24,25)20-10-5-4-6-11-20/h7-8,12-13,18-20H,2-6,9-11,14-17H2,1H3. The summed E-state index contributed by atoms with van der Waals surface area (Å²) < 4.78 is 30.6. The van der Waals surface area contributed by atoms with Gasteiger partial charge in [-0.1, -0.05) is 69.7 Å². The van der Waals surface area contributed by atoms with E-state index in [0.29, 0.717) is 24.3 Å². The smallest absolute Gasteiger partial charge is 0.201 e. The summed E-state index contributed by atoms with van der Waals surface area (Å²) in [7, 11) is 0. The maximum atomic E-state index is 15.3. The van der Waals surface area contributed by atoms with E-state index in [4.69, 9.17) is 0 Å². The summed E-state index contributed by atoms with van der Waals surface area (Å²) in [4.78, 5) is 0. The molecule has 2 aliphatic rings. The minimum absolute atomic E-state index is 0.337. The molecule has 3 rings (SSSR count). The maximum Gasteiger partial charge on any atom is 0.276 e. The Bertz CT molecular complexity index is 523. The highest BCUT2D eigenvalue weighted by Gasteiger charge is 2.43. The molecule has 1 aromatic carbocycles. The molecule has 0 unspecified atom stereocenters. The predicted molar refractivity (Wildman–Crippen MR) is 101 cm³/mol. The van der Waals surface area contributed by atoms with Crippen molar-refractivity contribution in [2.75, 3.05) is 0 Å². The van der Waals surface area contributed by atoms with Crippen molar-refractivity contribution in [2.24, 2.45) is 11.8 Å². The Labute approximate surface area is 152 Å². The van der Waals surface area contributed by atoms with Gasteiger partial charge in [-0.05, 0) is 55.9 Å². The summed E-state index contributed by atoms with van der Waals surface area (Å²) in [5.74, 6) is -1.95. The fourth-order valence-corrected chi connectivity index (χ4v) is 5.10. The van der Waals surface area contributed by atoms with Crippen LogP contribution in [-0.4, -0.2) is 0 Å². The van der Waals surface area contributed by atoms with Crippen molar-refractivity contribution in [1.82, 2.24) is 0 Å². The molecule has 1 aromatic rings. The molecule has 140 valence electrons. The van der Waals surface area contributed by atoms with Crippen LogP contribution in [-0.2, 0) is 5.92 Å². The Morgan fingerprint density at radius 1 is 0.920 bits per heavy atom. The molecule has 0 aliphatic heterocycles. The van der Waals surface area contributed by atoms with Gasteiger partial charge in [0, 0.05) is 11.5 Å². The lowest BCUT2D eigenvalue weighted by molar-refractivity contribution is -0.0787. The monoisotopic (exact) mass is 348 g/mol. The molecule has 0 amide bonds. The second-order valence-corrected chi connectivity index (χ2v) is 8.41. The normalized spacial score (nSPS) is 25.9. The highest BCUT2D eigenvalue weighted by Crippen LogP contribution is 2.48. The van der Waals surface area contributed by atoms with Crippen LogP contribution in [0.1, 0.15) is 101 Å². The van der Waals surface area contributed by atoms with E-state index in [0.717, 1.165) is 43.6 Å². The Morgan fingerprint density at radius 3 is 2.28 bits per heavy atom. The lowest BCUT2D eigenvalue weighted by Gasteiger charge is -2.35. The van der Waals surface area contributed by atoms with Crippen LogP contribution in [0.25, 0.3) is 0 Å². The van der Waals surface area contributed by atoms with Crippen LogP contribution in [0.2, 0.25) is 0 Å². The molecule has 0 nitrogen and oxygen atoms in total. The fraction of sp³-hybridized carbons (Fsp3) is 0.739. The van der Waals surface area contributed by atoms with Crippen LogP contribution in [0.3, 0.4) is 0 Å². The van der Waals surface area contributed by atoms with E-state index >= 15 is 8.78 Å². The zero-order valence-corrected chi connectivity index (χ0v) is 15.8. The zero-order valence-electron chi connectivity index (χ0n) is 15.8. The minimum Gasteiger partial charge on any atom is -0.201 e. The highest BCUT2D eigenvalue weighted by atomic mass is 19.3. The third-order valence-corrected chi connectivity index (χ3v) is 6.69. The number of rotatable bonds is 6. The Morgan fingerprint density at radius 2 is 1.60 bits per heavy atom. The number of hydrogen-bond acceptors (Lipinski definition) is 0. The second-order valence-electron chi connectivity index (χ2n) is 8.41. The van der Waals surface area contributed by atoms with Gasteiger partial charge in [0.05, 0.1) is 0 Å². The van der Waals surface area contributed by atoms with E-state index in [1.807, 2.05) is 18.2 Å². The topological polar surface area (TPSA) is 0 Å². The second kappa shape index (κ2) is 8.64. The number of hydrogen-bond donors (Lipinski definition) is 0. The number of unbranched alkanes of at least 4 members (excludes halogenated alkanes) is 1. The molecule has 0 radical (unpaired) electrons. The maximum absolute atomic E-state index is 15.3. The Kier molecular flexibility index (Phi) is 6.52. The fourth-order valence-electron chi connectivity index (χ4n) is 5.10. The van der Waals surface area contributed by atoms with E-state index in [-0.39, 0.29) is 0 Å². The summed E-state index contributed by atoms with van der Waals surface area (Å²) in [6.45, 7) is 2.25. The largest absolute Gasteiger partial charge is 0.276 e. The molecule has 0 heterocycles. The lowest BCUT2D eigenvalue weighted by atomic mass is 9.73. The van der Waals surface area contributed by atoms with Crippen LogP contribution in [0, 0.1) is 11.8 Å². The van der Waals surface area contributed by atoms with E-state index in [9.17, 15) is 0 Å². The van der Waals surface area contributed by atoms with E-state index in [1.54, 1.807) is 6.07 Å². The Balaban J connectivity index is 1.73. The van der Waals surface area contributed by atoms with Crippen molar-refractivity contribution in [3.63, 3.8) is 0 Å². The van der Waals surface area contributed by atoms with Gasteiger partial charge < -0.3 is 0 Å². The molecule has 0 N–H and O–H groups in total. The third kappa shape index (κ3) is 4.44. The number of halogens is 2. The molecule has 0 bridgehead atoms. The van der Waals surface area contributed by atoms with Gasteiger partial charge in [-0.3, -0.25) is 0 Å². The van der Waals surface area contributed by atoms with Gasteiger partial charge in [-0.2, -0.15) is 0 Å². The summed E-state index contributed by atoms with van der Waals surface area (Å²) in [5, 5.41) is 0. The van der Waals surface area contributed by atoms with Crippen molar-refractivity contribution < 1.29 is 8.78 Å². The van der Waals surface area contributed by atoms with Crippen LogP contribution in [0.5, 0.6) is 0 Å². The molecule has 2 saturated carbocycles. The first-order valence-electron chi connectivity index (χ1n) is 10.6. The average molecular weight is 349 g/mol. The molecule has 0 saturated heterocycles. The molecule has 25 heavy (non-hydrogen) atoms. The summed E-state index contributed by atoms with van der Waals surface area (Å²) in [5.41, 5.74) is 1.30. The third-order valence-electron chi connectivity index (χ3n) is 6.69. The van der Waals surface area contributed by atoms with Gasteiger partial charge >= 0.3 is 0 Å². The first-order chi connectivity index (χ1) is 12.1. The summed E-state index contributed by atoms with van der Waals surface area (Å²) in [6, 6.07) is 7.47. The van der Waals surface area contributed by atoms with E-state index in [2.05, 4.69) is 6.92 Å². The molecular formula is C23H34F2. The molecular weight excluding hydrogens is 314 g/mol. The van der Waals surface area contributed by atoms with Crippen LogP contribution in [0.15, 0.2) is 24.3 Å². The lowest BCUT2D eigenvalue weighted by Crippen LogP contribution is -2.29. The first kappa shape index (κ1) is 18.9. The van der Waals surface area contributed by atoms with Crippen molar-refractivity contribution in [2.45, 2.75) is 95.8 Å². The first-order valence-corrected chi connectivity index (χ1v) is 10.6. The summed E-state index contributed by atoms with van der Waals surface area (Å²) >= 11 is 0. The van der Waals surface area contributed by atoms with Crippen molar-refractivity contribution >= 4 is 0 Å². The van der Waals surface area contributed by atoms with Crippen molar-refractivity contribution in [1.29, 1.82) is 0 Å². The molecule has 0 atom stereocenters. The molecule has 0 aromatic heterocycles. The van der Waals surface area contributed by atoms with Crippen LogP contribution in [0.4, 0.5) is 8.78 Å². The van der Waals surface area contributed by atoms with Crippen molar-refractivity contribution in [3.05, 3.63) is 35.4 Å². The predicted octanol–water partition coefficient (Wildman–Crippen LogP) is 7.82. The van der Waals surface area contributed by atoms with E-state index in [1.165, 1.54) is 32.1 Å². The number of benzene rings is 1. The van der Waals surface area contributed by atoms with Crippen LogP contribution >= 0.6 is 0 Å². The minimum atomic E-state index is -2.66. The molecule has 2 heteroatoms. The van der Waals surface area contributed by atoms with Crippen LogP contribution < -0.4 is 0 Å².